The number of aromatic nitrogens is 2. The van der Waals surface area contributed by atoms with Crippen LogP contribution in [0.2, 0.25) is 0 Å². The van der Waals surface area contributed by atoms with E-state index in [0.29, 0.717) is 29.8 Å². The Morgan fingerprint density at radius 2 is 1.96 bits per heavy atom. The number of benzene rings is 1. The van der Waals surface area contributed by atoms with E-state index >= 15 is 0 Å². The summed E-state index contributed by atoms with van der Waals surface area (Å²) in [5.41, 5.74) is 1.01. The molecule has 0 saturated carbocycles. The highest BCUT2D eigenvalue weighted by Crippen LogP contribution is 2.30. The van der Waals surface area contributed by atoms with E-state index < -0.39 is 0 Å². The van der Waals surface area contributed by atoms with Gasteiger partial charge >= 0.3 is 0 Å². The van der Waals surface area contributed by atoms with E-state index in [4.69, 9.17) is 9.47 Å². The van der Waals surface area contributed by atoms with Crippen molar-refractivity contribution in [3.8, 4) is 11.5 Å². The van der Waals surface area contributed by atoms with Crippen molar-refractivity contribution in [3.05, 3.63) is 36.3 Å². The van der Waals surface area contributed by atoms with Crippen LogP contribution in [0.15, 0.2) is 30.6 Å². The number of anilines is 2. The second kappa shape index (κ2) is 8.14. The lowest BCUT2D eigenvalue weighted by molar-refractivity contribution is 0.0943. The number of nitrogens with one attached hydrogen (secondary N) is 2. The summed E-state index contributed by atoms with van der Waals surface area (Å²) in [6.45, 7) is 4.66. The molecule has 0 atom stereocenters. The van der Waals surface area contributed by atoms with Gasteiger partial charge in [0.1, 0.15) is 23.0 Å². The van der Waals surface area contributed by atoms with E-state index in [2.05, 4.69) is 20.6 Å². The first-order valence-corrected chi connectivity index (χ1v) is 7.62. The summed E-state index contributed by atoms with van der Waals surface area (Å²) in [6.07, 6.45) is 2.95. The maximum Gasteiger partial charge on any atom is 0.271 e. The molecule has 7 heteroatoms. The molecule has 1 amide bonds. The van der Waals surface area contributed by atoms with Gasteiger partial charge in [-0.15, -0.1) is 0 Å². The Balaban J connectivity index is 2.08. The summed E-state index contributed by atoms with van der Waals surface area (Å²) in [5, 5.41) is 5.91. The van der Waals surface area contributed by atoms with Crippen LogP contribution in [-0.2, 0) is 0 Å². The molecule has 2 rings (SSSR count). The normalized spacial score (nSPS) is 10.4. The van der Waals surface area contributed by atoms with Crippen LogP contribution in [0.5, 0.6) is 11.5 Å². The van der Waals surface area contributed by atoms with Crippen LogP contribution in [0.3, 0.4) is 0 Å². The lowest BCUT2D eigenvalue weighted by Crippen LogP contribution is -2.28. The summed E-state index contributed by atoms with van der Waals surface area (Å²) >= 11 is 0. The first-order valence-electron chi connectivity index (χ1n) is 7.62. The highest BCUT2D eigenvalue weighted by Gasteiger charge is 2.10. The molecule has 7 nitrogen and oxygen atoms in total. The van der Waals surface area contributed by atoms with E-state index in [0.717, 1.165) is 5.69 Å². The number of hydrogen-bond donors (Lipinski definition) is 2. The van der Waals surface area contributed by atoms with Gasteiger partial charge in [0.2, 0.25) is 0 Å². The predicted octanol–water partition coefficient (Wildman–Crippen LogP) is 2.62. The van der Waals surface area contributed by atoms with Gasteiger partial charge in [-0.2, -0.15) is 0 Å². The quantitative estimate of drug-likeness (QED) is 0.812. The van der Waals surface area contributed by atoms with Crippen molar-refractivity contribution in [2.45, 2.75) is 13.8 Å². The number of carbonyl (C=O) groups excluding carboxylic acids is 1. The Bertz CT molecular complexity index is 687. The Morgan fingerprint density at radius 3 is 2.54 bits per heavy atom. The molecule has 128 valence electrons. The van der Waals surface area contributed by atoms with E-state index in [-0.39, 0.29) is 11.6 Å². The number of nitrogens with zero attached hydrogens (tertiary/aromatic N) is 2. The molecule has 0 spiro atoms. The molecular formula is C17H22N4O3. The molecule has 24 heavy (non-hydrogen) atoms. The third-order valence-electron chi connectivity index (χ3n) is 3.23. The molecule has 1 heterocycles. The van der Waals surface area contributed by atoms with Gasteiger partial charge in [0.25, 0.3) is 5.91 Å². The van der Waals surface area contributed by atoms with Gasteiger partial charge < -0.3 is 20.1 Å². The summed E-state index contributed by atoms with van der Waals surface area (Å²) < 4.78 is 10.5. The Hall–Kier alpha value is -2.83. The molecule has 2 aromatic rings. The molecule has 0 aliphatic carbocycles. The van der Waals surface area contributed by atoms with Crippen LogP contribution in [-0.4, -0.2) is 36.6 Å². The zero-order chi connectivity index (χ0) is 17.5. The molecule has 1 aromatic heterocycles. The second-order valence-corrected chi connectivity index (χ2v) is 5.58. The average molecular weight is 330 g/mol. The van der Waals surface area contributed by atoms with Gasteiger partial charge in [-0.25, -0.2) is 9.97 Å². The first kappa shape index (κ1) is 17.5. The molecule has 2 N–H and O–H groups in total. The predicted molar refractivity (Wildman–Crippen MR) is 92.0 cm³/mol. The third kappa shape index (κ3) is 4.58. The van der Waals surface area contributed by atoms with Crippen LogP contribution in [0, 0.1) is 5.92 Å². The van der Waals surface area contributed by atoms with Crippen molar-refractivity contribution in [1.29, 1.82) is 0 Å². The lowest BCUT2D eigenvalue weighted by atomic mass is 10.2. The fourth-order valence-electron chi connectivity index (χ4n) is 1.94. The van der Waals surface area contributed by atoms with Crippen molar-refractivity contribution >= 4 is 17.4 Å². The summed E-state index contributed by atoms with van der Waals surface area (Å²) in [6, 6.07) is 5.40. The zero-order valence-corrected chi connectivity index (χ0v) is 14.3. The Labute approximate surface area is 141 Å². The highest BCUT2D eigenvalue weighted by atomic mass is 16.5. The fraction of sp³-hybridized carbons (Fsp3) is 0.353. The largest absolute Gasteiger partial charge is 0.497 e. The van der Waals surface area contributed by atoms with Gasteiger partial charge in [-0.1, -0.05) is 13.8 Å². The van der Waals surface area contributed by atoms with Crippen molar-refractivity contribution in [2.24, 2.45) is 5.92 Å². The average Bonchev–Trinajstić information content (AvgIpc) is 2.60. The molecule has 0 unspecified atom stereocenters. The molecule has 0 aliphatic rings. The summed E-state index contributed by atoms with van der Waals surface area (Å²) in [7, 11) is 3.17. The van der Waals surface area contributed by atoms with Crippen LogP contribution in [0.25, 0.3) is 0 Å². The molecule has 1 aromatic carbocycles. The second-order valence-electron chi connectivity index (χ2n) is 5.58. The molecule has 0 bridgehead atoms. The van der Waals surface area contributed by atoms with Crippen LogP contribution >= 0.6 is 0 Å². The van der Waals surface area contributed by atoms with E-state index in [1.165, 1.54) is 12.4 Å². The van der Waals surface area contributed by atoms with E-state index in [9.17, 15) is 4.79 Å². The van der Waals surface area contributed by atoms with E-state index in [1.54, 1.807) is 20.3 Å². The van der Waals surface area contributed by atoms with Gasteiger partial charge in [-0.3, -0.25) is 4.79 Å². The zero-order valence-electron chi connectivity index (χ0n) is 14.3. The lowest BCUT2D eigenvalue weighted by Gasteiger charge is -2.12. The van der Waals surface area contributed by atoms with Crippen LogP contribution in [0.1, 0.15) is 24.3 Å². The van der Waals surface area contributed by atoms with Gasteiger partial charge in [-0.05, 0) is 18.1 Å². The van der Waals surface area contributed by atoms with Crippen LogP contribution in [0.4, 0.5) is 11.5 Å². The van der Waals surface area contributed by atoms with Crippen molar-refractivity contribution in [3.63, 3.8) is 0 Å². The van der Waals surface area contributed by atoms with Gasteiger partial charge in [0, 0.05) is 12.6 Å². The van der Waals surface area contributed by atoms with Gasteiger partial charge in [0.15, 0.2) is 0 Å². The highest BCUT2D eigenvalue weighted by molar-refractivity contribution is 5.92. The Kier molecular flexibility index (Phi) is 5.95. The van der Waals surface area contributed by atoms with Crippen molar-refractivity contribution in [1.82, 2.24) is 15.3 Å². The van der Waals surface area contributed by atoms with Gasteiger partial charge in [0.05, 0.1) is 32.3 Å². The molecular weight excluding hydrogens is 308 g/mol. The molecule has 0 radical (unpaired) electrons. The minimum atomic E-state index is -0.232. The topological polar surface area (TPSA) is 85.4 Å². The minimum Gasteiger partial charge on any atom is -0.497 e. The van der Waals surface area contributed by atoms with Crippen molar-refractivity contribution < 1.29 is 14.3 Å². The summed E-state index contributed by atoms with van der Waals surface area (Å²) in [4.78, 5) is 20.3. The van der Waals surface area contributed by atoms with E-state index in [1.807, 2.05) is 26.0 Å². The SMILES string of the molecule is COc1ccc(Nc2cnc(C(=O)NCC(C)C)cn2)c(OC)c1. The monoisotopic (exact) mass is 330 g/mol. The third-order valence-corrected chi connectivity index (χ3v) is 3.23. The molecule has 0 saturated heterocycles. The number of carbonyl (C=O) groups is 1. The minimum absolute atomic E-state index is 0.232. The Morgan fingerprint density at radius 1 is 1.17 bits per heavy atom. The number of hydrogen-bond acceptors (Lipinski definition) is 6. The maximum atomic E-state index is 11.9. The number of rotatable bonds is 7. The standard InChI is InChI=1S/C17H22N4O3/c1-11(2)8-20-17(22)14-9-19-16(10-18-14)21-13-6-5-12(23-3)7-15(13)24-4/h5-7,9-11H,8H2,1-4H3,(H,19,21)(H,20,22). The number of amides is 1. The smallest absolute Gasteiger partial charge is 0.271 e. The summed E-state index contributed by atoms with van der Waals surface area (Å²) in [5.74, 6) is 1.98. The molecule has 0 aliphatic heterocycles. The molecule has 0 fully saturated rings. The van der Waals surface area contributed by atoms with Crippen molar-refractivity contribution in [2.75, 3.05) is 26.1 Å². The number of methoxy groups -OCH3 is 2. The number of ether oxygens (including phenoxy) is 2. The van der Waals surface area contributed by atoms with Crippen LogP contribution < -0.4 is 20.1 Å². The first-order chi connectivity index (χ1) is 11.5. The fourth-order valence-corrected chi connectivity index (χ4v) is 1.94. The maximum absolute atomic E-state index is 11.9.